The number of carbonyl (C=O) groups excluding carboxylic acids is 3. The maximum absolute atomic E-state index is 12.5. The zero-order chi connectivity index (χ0) is 21.7. The van der Waals surface area contributed by atoms with Crippen molar-refractivity contribution < 1.29 is 19.1 Å². The van der Waals surface area contributed by atoms with Crippen LogP contribution in [0, 0.1) is 6.92 Å². The molecule has 156 valence electrons. The number of hydrogen-bond acceptors (Lipinski definition) is 6. The number of aryl methyl sites for hydroxylation is 1. The molecule has 0 aliphatic heterocycles. The minimum Gasteiger partial charge on any atom is -0.452 e. The van der Waals surface area contributed by atoms with Crippen molar-refractivity contribution in [3.63, 3.8) is 0 Å². The van der Waals surface area contributed by atoms with E-state index in [1.807, 2.05) is 13.8 Å². The van der Waals surface area contributed by atoms with Crippen molar-refractivity contribution in [1.82, 2.24) is 19.5 Å². The highest BCUT2D eigenvalue weighted by Crippen LogP contribution is 2.15. The van der Waals surface area contributed by atoms with Gasteiger partial charge in [0.2, 0.25) is 0 Å². The molecule has 2 heterocycles. The highest BCUT2D eigenvalue weighted by atomic mass is 16.5. The van der Waals surface area contributed by atoms with E-state index in [9.17, 15) is 14.4 Å². The molecule has 2 aromatic heterocycles. The maximum atomic E-state index is 12.5. The van der Waals surface area contributed by atoms with Gasteiger partial charge in [0, 0.05) is 36.7 Å². The summed E-state index contributed by atoms with van der Waals surface area (Å²) in [4.78, 5) is 43.0. The Morgan fingerprint density at radius 1 is 1.17 bits per heavy atom. The maximum Gasteiger partial charge on any atom is 0.344 e. The van der Waals surface area contributed by atoms with Gasteiger partial charge >= 0.3 is 5.97 Å². The monoisotopic (exact) mass is 409 g/mol. The van der Waals surface area contributed by atoms with Crippen LogP contribution in [0.1, 0.15) is 40.3 Å². The first-order chi connectivity index (χ1) is 14.4. The molecule has 1 N–H and O–H groups in total. The fourth-order valence-corrected chi connectivity index (χ4v) is 3.06. The second kappa shape index (κ2) is 9.17. The topological polar surface area (TPSA) is 106 Å². The van der Waals surface area contributed by atoms with E-state index in [-0.39, 0.29) is 11.5 Å². The Morgan fingerprint density at radius 2 is 1.93 bits per heavy atom. The number of nitrogens with zero attached hydrogens (tertiary/aromatic N) is 4. The number of fused-ring (bicyclic) bond motifs is 1. The lowest BCUT2D eigenvalue weighted by molar-refractivity contribution is -0.119. The third-order valence-corrected chi connectivity index (χ3v) is 4.55. The predicted molar refractivity (Wildman–Crippen MR) is 110 cm³/mol. The van der Waals surface area contributed by atoms with Gasteiger partial charge in [-0.1, -0.05) is 6.07 Å². The van der Waals surface area contributed by atoms with Crippen LogP contribution in [0.3, 0.4) is 0 Å². The molecule has 0 unspecified atom stereocenters. The highest BCUT2D eigenvalue weighted by Gasteiger charge is 2.20. The van der Waals surface area contributed by atoms with Gasteiger partial charge in [0.15, 0.2) is 12.3 Å². The lowest BCUT2D eigenvalue weighted by Crippen LogP contribution is -2.30. The Balaban J connectivity index is 1.63. The van der Waals surface area contributed by atoms with Crippen molar-refractivity contribution in [2.24, 2.45) is 0 Å². The highest BCUT2D eigenvalue weighted by molar-refractivity contribution is 6.00. The number of amides is 2. The van der Waals surface area contributed by atoms with Crippen LogP contribution < -0.4 is 5.32 Å². The second-order valence-electron chi connectivity index (χ2n) is 6.53. The Kier molecular flexibility index (Phi) is 6.41. The van der Waals surface area contributed by atoms with Crippen LogP contribution in [0.25, 0.3) is 5.65 Å². The van der Waals surface area contributed by atoms with E-state index >= 15 is 0 Å². The number of esters is 1. The molecular formula is C21H23N5O4. The first-order valence-electron chi connectivity index (χ1n) is 9.60. The summed E-state index contributed by atoms with van der Waals surface area (Å²) in [6.45, 7) is 6.20. The molecule has 1 aromatic carbocycles. The molecule has 0 bridgehead atoms. The summed E-state index contributed by atoms with van der Waals surface area (Å²) >= 11 is 0. The number of rotatable bonds is 7. The molecular weight excluding hydrogens is 386 g/mol. The zero-order valence-corrected chi connectivity index (χ0v) is 17.1. The fraction of sp³-hybridized carbons (Fsp3) is 0.286. The lowest BCUT2D eigenvalue weighted by atomic mass is 10.1. The van der Waals surface area contributed by atoms with Gasteiger partial charge in [0.1, 0.15) is 5.56 Å². The fourth-order valence-electron chi connectivity index (χ4n) is 3.06. The summed E-state index contributed by atoms with van der Waals surface area (Å²) < 4.78 is 6.62. The molecule has 9 nitrogen and oxygen atoms in total. The van der Waals surface area contributed by atoms with Gasteiger partial charge < -0.3 is 15.0 Å². The lowest BCUT2D eigenvalue weighted by Gasteiger charge is -2.19. The van der Waals surface area contributed by atoms with Crippen LogP contribution in [0.4, 0.5) is 5.69 Å². The summed E-state index contributed by atoms with van der Waals surface area (Å²) in [5.41, 5.74) is 1.96. The number of hydrogen-bond donors (Lipinski definition) is 1. The Labute approximate surface area is 173 Å². The van der Waals surface area contributed by atoms with E-state index in [0.29, 0.717) is 35.7 Å². The largest absolute Gasteiger partial charge is 0.452 e. The summed E-state index contributed by atoms with van der Waals surface area (Å²) in [7, 11) is 0. The van der Waals surface area contributed by atoms with Crippen molar-refractivity contribution in [2.45, 2.75) is 20.8 Å². The molecule has 0 radical (unpaired) electrons. The van der Waals surface area contributed by atoms with Gasteiger partial charge in [-0.05, 0) is 45.0 Å². The molecule has 0 aliphatic carbocycles. The average Bonchev–Trinajstić information content (AvgIpc) is 3.08. The van der Waals surface area contributed by atoms with E-state index < -0.39 is 18.5 Å². The molecule has 30 heavy (non-hydrogen) atoms. The van der Waals surface area contributed by atoms with Gasteiger partial charge in [-0.2, -0.15) is 5.10 Å². The standard InChI is InChI=1S/C21H23N5O4/c1-4-25(5-2)20(28)15-8-6-9-16(12-15)23-17(27)13-30-21(29)18-14(3)24-26-11-7-10-22-19(18)26/h6-12H,4-5,13H2,1-3H3,(H,23,27). The molecule has 0 atom stereocenters. The number of benzene rings is 1. The van der Waals surface area contributed by atoms with Gasteiger partial charge in [-0.15, -0.1) is 0 Å². The van der Waals surface area contributed by atoms with Crippen LogP contribution in [0.5, 0.6) is 0 Å². The second-order valence-corrected chi connectivity index (χ2v) is 6.53. The smallest absolute Gasteiger partial charge is 0.344 e. The quantitative estimate of drug-likeness (QED) is 0.600. The third kappa shape index (κ3) is 4.45. The van der Waals surface area contributed by atoms with E-state index in [4.69, 9.17) is 4.74 Å². The van der Waals surface area contributed by atoms with Gasteiger partial charge in [-0.25, -0.2) is 14.3 Å². The molecule has 2 amide bonds. The number of carbonyl (C=O) groups is 3. The van der Waals surface area contributed by atoms with Crippen LogP contribution in [-0.2, 0) is 9.53 Å². The van der Waals surface area contributed by atoms with Crippen molar-refractivity contribution in [2.75, 3.05) is 25.0 Å². The molecule has 3 aromatic rings. The van der Waals surface area contributed by atoms with Crippen molar-refractivity contribution in [3.05, 3.63) is 59.5 Å². The van der Waals surface area contributed by atoms with Gasteiger partial charge in [0.25, 0.3) is 11.8 Å². The van der Waals surface area contributed by atoms with Crippen LogP contribution in [0.2, 0.25) is 0 Å². The summed E-state index contributed by atoms with van der Waals surface area (Å²) in [6, 6.07) is 8.34. The van der Waals surface area contributed by atoms with Gasteiger partial charge in [0.05, 0.1) is 5.69 Å². The van der Waals surface area contributed by atoms with Crippen LogP contribution >= 0.6 is 0 Å². The van der Waals surface area contributed by atoms with Crippen LogP contribution in [-0.4, -0.2) is 57.0 Å². The molecule has 0 saturated carbocycles. The minimum atomic E-state index is -0.679. The number of anilines is 1. The number of aromatic nitrogens is 3. The molecule has 0 fully saturated rings. The summed E-state index contributed by atoms with van der Waals surface area (Å²) in [6.07, 6.45) is 3.22. The van der Waals surface area contributed by atoms with E-state index in [1.165, 1.54) is 4.52 Å². The first kappa shape index (κ1) is 21.0. The van der Waals surface area contributed by atoms with Crippen molar-refractivity contribution in [3.8, 4) is 0 Å². The summed E-state index contributed by atoms with van der Waals surface area (Å²) in [5.74, 6) is -1.31. The zero-order valence-electron chi connectivity index (χ0n) is 17.1. The van der Waals surface area contributed by atoms with E-state index in [0.717, 1.165) is 0 Å². The van der Waals surface area contributed by atoms with E-state index in [2.05, 4.69) is 15.4 Å². The normalized spacial score (nSPS) is 10.6. The molecule has 9 heteroatoms. The Morgan fingerprint density at radius 3 is 2.67 bits per heavy atom. The predicted octanol–water partition coefficient (Wildman–Crippen LogP) is 2.32. The third-order valence-electron chi connectivity index (χ3n) is 4.55. The Hall–Kier alpha value is -3.75. The number of ether oxygens (including phenoxy) is 1. The van der Waals surface area contributed by atoms with Crippen molar-refractivity contribution >= 4 is 29.1 Å². The molecule has 3 rings (SSSR count). The first-order valence-corrected chi connectivity index (χ1v) is 9.60. The van der Waals surface area contributed by atoms with Crippen LogP contribution in [0.15, 0.2) is 42.7 Å². The average molecular weight is 409 g/mol. The minimum absolute atomic E-state index is 0.112. The SMILES string of the molecule is CCN(CC)C(=O)c1cccc(NC(=O)COC(=O)c2c(C)nn3cccnc23)c1. The van der Waals surface area contributed by atoms with Crippen molar-refractivity contribution in [1.29, 1.82) is 0 Å². The molecule has 0 spiro atoms. The Bertz CT molecular complexity index is 1090. The molecule has 0 aliphatic rings. The molecule has 0 saturated heterocycles. The van der Waals surface area contributed by atoms with E-state index in [1.54, 1.807) is 54.5 Å². The number of nitrogens with one attached hydrogen (secondary N) is 1. The summed E-state index contributed by atoms with van der Waals surface area (Å²) in [5, 5.41) is 6.84. The van der Waals surface area contributed by atoms with Gasteiger partial charge in [-0.3, -0.25) is 9.59 Å².